The van der Waals surface area contributed by atoms with Gasteiger partial charge in [-0.25, -0.2) is 0 Å². The average Bonchev–Trinajstić information content (AvgIpc) is 2.34. The van der Waals surface area contributed by atoms with Gasteiger partial charge in [0.15, 0.2) is 0 Å². The molecule has 0 aliphatic heterocycles. The van der Waals surface area contributed by atoms with Crippen molar-refractivity contribution in [3.05, 3.63) is 41.5 Å². The van der Waals surface area contributed by atoms with Crippen molar-refractivity contribution in [3.8, 4) is 0 Å². The summed E-state index contributed by atoms with van der Waals surface area (Å²) in [6.07, 6.45) is 3.88. The van der Waals surface area contributed by atoms with E-state index in [-0.39, 0.29) is 6.42 Å². The van der Waals surface area contributed by atoms with E-state index < -0.39 is 5.97 Å². The van der Waals surface area contributed by atoms with Gasteiger partial charge in [-0.1, -0.05) is 57.5 Å². The van der Waals surface area contributed by atoms with Crippen LogP contribution in [0, 0.1) is 0 Å². The quantitative estimate of drug-likeness (QED) is 0.804. The van der Waals surface area contributed by atoms with Crippen LogP contribution in [-0.4, -0.2) is 11.1 Å². The average molecular weight is 246 g/mol. The summed E-state index contributed by atoms with van der Waals surface area (Å²) in [4.78, 5) is 10.6. The van der Waals surface area contributed by atoms with Crippen molar-refractivity contribution in [2.75, 3.05) is 0 Å². The molecule has 1 N–H and O–H groups in total. The fourth-order valence-electron chi connectivity index (χ4n) is 1.93. The van der Waals surface area contributed by atoms with Gasteiger partial charge in [-0.05, 0) is 29.0 Å². The van der Waals surface area contributed by atoms with Crippen molar-refractivity contribution < 1.29 is 9.90 Å². The molecule has 0 aliphatic rings. The van der Waals surface area contributed by atoms with Gasteiger partial charge in [0.1, 0.15) is 0 Å². The Morgan fingerprint density at radius 2 is 1.89 bits per heavy atom. The zero-order valence-corrected chi connectivity index (χ0v) is 11.4. The Labute approximate surface area is 109 Å². The number of carboxylic acid groups (broad SMARTS) is 1. The summed E-state index contributed by atoms with van der Waals surface area (Å²) in [6.45, 7) is 6.45. The lowest BCUT2D eigenvalue weighted by Gasteiger charge is -2.09. The minimum Gasteiger partial charge on any atom is -0.481 e. The molecule has 2 nitrogen and oxygen atoms in total. The molecule has 0 heterocycles. The van der Waals surface area contributed by atoms with Gasteiger partial charge in [0.2, 0.25) is 0 Å². The van der Waals surface area contributed by atoms with Crippen molar-refractivity contribution in [2.45, 2.75) is 46.0 Å². The summed E-state index contributed by atoms with van der Waals surface area (Å²) in [5, 5.41) is 8.75. The van der Waals surface area contributed by atoms with E-state index in [1.165, 1.54) is 5.56 Å². The lowest BCUT2D eigenvalue weighted by atomic mass is 9.96. The number of carboxylic acids is 1. The maximum atomic E-state index is 10.6. The third kappa shape index (κ3) is 4.36. The SMILES string of the molecule is CCC/C(=C\CC(=O)O)c1ccc(C(C)C)cc1. The minimum absolute atomic E-state index is 0.0985. The Bertz CT molecular complexity index is 413. The second-order valence-corrected chi connectivity index (χ2v) is 4.85. The van der Waals surface area contributed by atoms with E-state index >= 15 is 0 Å². The zero-order valence-electron chi connectivity index (χ0n) is 11.4. The van der Waals surface area contributed by atoms with Gasteiger partial charge in [-0.15, -0.1) is 0 Å². The van der Waals surface area contributed by atoms with Gasteiger partial charge in [0.25, 0.3) is 0 Å². The molecule has 0 radical (unpaired) electrons. The topological polar surface area (TPSA) is 37.3 Å². The summed E-state index contributed by atoms with van der Waals surface area (Å²) in [7, 11) is 0. The van der Waals surface area contributed by atoms with Crippen molar-refractivity contribution in [1.82, 2.24) is 0 Å². The predicted octanol–water partition coefficient (Wildman–Crippen LogP) is 4.47. The molecule has 0 atom stereocenters. The first kappa shape index (κ1) is 14.5. The molecular formula is C16H22O2. The lowest BCUT2D eigenvalue weighted by Crippen LogP contribution is -1.94. The van der Waals surface area contributed by atoms with Gasteiger partial charge >= 0.3 is 5.97 Å². The Morgan fingerprint density at radius 1 is 1.28 bits per heavy atom. The molecule has 0 saturated heterocycles. The molecule has 0 bridgehead atoms. The standard InChI is InChI=1S/C16H22O2/c1-4-5-14(10-11-16(17)18)15-8-6-13(7-9-15)12(2)3/h6-10,12H,4-5,11H2,1-3H3,(H,17,18)/b14-10+. The summed E-state index contributed by atoms with van der Waals surface area (Å²) >= 11 is 0. The zero-order chi connectivity index (χ0) is 13.5. The highest BCUT2D eigenvalue weighted by Gasteiger charge is 2.04. The Balaban J connectivity index is 2.91. The first-order chi connectivity index (χ1) is 8.54. The third-order valence-corrected chi connectivity index (χ3v) is 2.99. The summed E-state index contributed by atoms with van der Waals surface area (Å²) < 4.78 is 0. The number of allylic oxidation sites excluding steroid dienone is 1. The van der Waals surface area contributed by atoms with Crippen LogP contribution >= 0.6 is 0 Å². The van der Waals surface area contributed by atoms with Crippen LogP contribution < -0.4 is 0 Å². The van der Waals surface area contributed by atoms with Gasteiger partial charge in [0, 0.05) is 0 Å². The van der Waals surface area contributed by atoms with Crippen LogP contribution in [0.5, 0.6) is 0 Å². The van der Waals surface area contributed by atoms with Gasteiger partial charge in [0.05, 0.1) is 6.42 Å². The largest absolute Gasteiger partial charge is 0.481 e. The van der Waals surface area contributed by atoms with E-state index in [9.17, 15) is 4.79 Å². The molecule has 0 amide bonds. The number of hydrogen-bond acceptors (Lipinski definition) is 1. The molecule has 0 spiro atoms. The van der Waals surface area contributed by atoms with E-state index in [0.717, 1.165) is 24.0 Å². The van der Waals surface area contributed by atoms with Gasteiger partial charge < -0.3 is 5.11 Å². The number of rotatable bonds is 6. The molecule has 18 heavy (non-hydrogen) atoms. The van der Waals surface area contributed by atoms with E-state index in [0.29, 0.717) is 5.92 Å². The van der Waals surface area contributed by atoms with E-state index in [1.54, 1.807) is 0 Å². The van der Waals surface area contributed by atoms with Crippen LogP contribution in [0.2, 0.25) is 0 Å². The maximum absolute atomic E-state index is 10.6. The Kier molecular flexibility index (Phi) is 5.63. The minimum atomic E-state index is -0.776. The normalized spacial score (nSPS) is 11.9. The van der Waals surface area contributed by atoms with Crippen LogP contribution in [0.15, 0.2) is 30.3 Å². The second-order valence-electron chi connectivity index (χ2n) is 4.85. The summed E-state index contributed by atoms with van der Waals surface area (Å²) in [6, 6.07) is 8.45. The Hall–Kier alpha value is -1.57. The Morgan fingerprint density at radius 3 is 2.33 bits per heavy atom. The van der Waals surface area contributed by atoms with Crippen LogP contribution in [0.3, 0.4) is 0 Å². The molecule has 0 unspecified atom stereocenters. The molecule has 2 heteroatoms. The van der Waals surface area contributed by atoms with E-state index in [4.69, 9.17) is 5.11 Å². The van der Waals surface area contributed by atoms with Crippen LogP contribution in [0.1, 0.15) is 57.1 Å². The number of benzene rings is 1. The summed E-state index contributed by atoms with van der Waals surface area (Å²) in [5.41, 5.74) is 3.59. The van der Waals surface area contributed by atoms with Gasteiger partial charge in [-0.2, -0.15) is 0 Å². The molecular weight excluding hydrogens is 224 g/mol. The highest BCUT2D eigenvalue weighted by molar-refractivity contribution is 5.74. The summed E-state index contributed by atoms with van der Waals surface area (Å²) in [5.74, 6) is -0.251. The molecule has 0 saturated carbocycles. The fourth-order valence-corrected chi connectivity index (χ4v) is 1.93. The van der Waals surface area contributed by atoms with E-state index in [1.807, 2.05) is 6.08 Å². The molecule has 0 aliphatic carbocycles. The number of hydrogen-bond donors (Lipinski definition) is 1. The second kappa shape index (κ2) is 7.00. The molecule has 1 aromatic carbocycles. The van der Waals surface area contributed by atoms with Crippen molar-refractivity contribution in [3.63, 3.8) is 0 Å². The monoisotopic (exact) mass is 246 g/mol. The number of carbonyl (C=O) groups is 1. The van der Waals surface area contributed by atoms with Crippen LogP contribution in [0.4, 0.5) is 0 Å². The smallest absolute Gasteiger partial charge is 0.307 e. The first-order valence-electron chi connectivity index (χ1n) is 6.55. The maximum Gasteiger partial charge on any atom is 0.307 e. The van der Waals surface area contributed by atoms with Crippen LogP contribution in [0.25, 0.3) is 5.57 Å². The fraction of sp³-hybridized carbons (Fsp3) is 0.438. The third-order valence-electron chi connectivity index (χ3n) is 2.99. The van der Waals surface area contributed by atoms with E-state index in [2.05, 4.69) is 45.0 Å². The van der Waals surface area contributed by atoms with Crippen molar-refractivity contribution >= 4 is 11.5 Å². The molecule has 0 fully saturated rings. The number of aliphatic carboxylic acids is 1. The van der Waals surface area contributed by atoms with Crippen molar-refractivity contribution in [1.29, 1.82) is 0 Å². The molecule has 98 valence electrons. The molecule has 0 aromatic heterocycles. The molecule has 1 rings (SSSR count). The van der Waals surface area contributed by atoms with Crippen LogP contribution in [-0.2, 0) is 4.79 Å². The first-order valence-corrected chi connectivity index (χ1v) is 6.55. The van der Waals surface area contributed by atoms with Gasteiger partial charge in [-0.3, -0.25) is 4.79 Å². The highest BCUT2D eigenvalue weighted by atomic mass is 16.4. The highest BCUT2D eigenvalue weighted by Crippen LogP contribution is 2.23. The lowest BCUT2D eigenvalue weighted by molar-refractivity contribution is -0.135. The molecule has 1 aromatic rings. The predicted molar refractivity (Wildman–Crippen MR) is 75.7 cm³/mol. The van der Waals surface area contributed by atoms with Crippen molar-refractivity contribution in [2.24, 2.45) is 0 Å².